The molecule has 1 aliphatic rings. The second kappa shape index (κ2) is 6.64. The number of nitriles is 1. The van der Waals surface area contributed by atoms with E-state index in [0.29, 0.717) is 22.2 Å². The van der Waals surface area contributed by atoms with Gasteiger partial charge < -0.3 is 21.2 Å². The van der Waals surface area contributed by atoms with Gasteiger partial charge in [-0.05, 0) is 29.8 Å². The maximum absolute atomic E-state index is 9.61. The Labute approximate surface area is 188 Å². The van der Waals surface area contributed by atoms with Crippen molar-refractivity contribution in [1.29, 1.82) is 5.26 Å². The van der Waals surface area contributed by atoms with Gasteiger partial charge in [-0.1, -0.05) is 48.0 Å². The molecule has 5 N–H and O–H groups in total. The van der Waals surface area contributed by atoms with E-state index in [-0.39, 0.29) is 23.0 Å². The number of benzene rings is 3. The van der Waals surface area contributed by atoms with E-state index in [1.165, 1.54) is 0 Å². The van der Waals surface area contributed by atoms with E-state index in [0.717, 1.165) is 32.9 Å². The summed E-state index contributed by atoms with van der Waals surface area (Å²) >= 11 is 6.15. The summed E-state index contributed by atoms with van der Waals surface area (Å²) in [5.41, 5.74) is 17.4. The SMILES string of the molecule is N#Cc1c(N)nc2c(c1N)C(c1ccc(Cl)cc1)c1ccc3[nH]c4ccccc4c3c1O2. The van der Waals surface area contributed by atoms with Gasteiger partial charge >= 0.3 is 0 Å². The second-order valence-electron chi connectivity index (χ2n) is 7.78. The third kappa shape index (κ3) is 2.49. The maximum Gasteiger partial charge on any atom is 0.227 e. The Balaban J connectivity index is 1.73. The number of aromatic nitrogens is 2. The summed E-state index contributed by atoms with van der Waals surface area (Å²) in [6.07, 6.45) is 0. The number of halogens is 1. The zero-order valence-corrected chi connectivity index (χ0v) is 17.4. The minimum Gasteiger partial charge on any atom is -0.437 e. The van der Waals surface area contributed by atoms with Crippen LogP contribution >= 0.6 is 11.6 Å². The van der Waals surface area contributed by atoms with Crippen molar-refractivity contribution in [3.05, 3.63) is 87.9 Å². The number of nitrogens with zero attached hydrogens (tertiary/aromatic N) is 2. The van der Waals surface area contributed by atoms with Gasteiger partial charge in [-0.3, -0.25) is 0 Å². The minimum absolute atomic E-state index is 0.0492. The molecule has 2 aromatic heterocycles. The van der Waals surface area contributed by atoms with Crippen LogP contribution in [0.2, 0.25) is 5.02 Å². The second-order valence-corrected chi connectivity index (χ2v) is 8.22. The Hall–Kier alpha value is -4.21. The molecule has 154 valence electrons. The van der Waals surface area contributed by atoms with Crippen LogP contribution in [0, 0.1) is 11.3 Å². The Bertz CT molecular complexity index is 1600. The van der Waals surface area contributed by atoms with Gasteiger partial charge in [0.1, 0.15) is 23.2 Å². The molecule has 5 aromatic rings. The number of anilines is 2. The first-order chi connectivity index (χ1) is 15.6. The molecule has 1 unspecified atom stereocenters. The summed E-state index contributed by atoms with van der Waals surface area (Å²) < 4.78 is 6.37. The first-order valence-corrected chi connectivity index (χ1v) is 10.4. The topological polar surface area (TPSA) is 114 Å². The lowest BCUT2D eigenvalue weighted by Gasteiger charge is -2.30. The molecule has 3 aromatic carbocycles. The summed E-state index contributed by atoms with van der Waals surface area (Å²) in [4.78, 5) is 7.87. The number of fused-ring (bicyclic) bond motifs is 6. The summed E-state index contributed by atoms with van der Waals surface area (Å²) in [7, 11) is 0. The number of rotatable bonds is 1. The third-order valence-electron chi connectivity index (χ3n) is 6.04. The van der Waals surface area contributed by atoms with E-state index in [2.05, 4.69) is 22.1 Å². The van der Waals surface area contributed by atoms with Crippen LogP contribution in [0.25, 0.3) is 21.8 Å². The smallest absolute Gasteiger partial charge is 0.227 e. The number of nitrogen functional groups attached to an aromatic ring is 2. The van der Waals surface area contributed by atoms with E-state index in [9.17, 15) is 5.26 Å². The average Bonchev–Trinajstić information content (AvgIpc) is 3.18. The van der Waals surface area contributed by atoms with Crippen molar-refractivity contribution in [3.8, 4) is 17.7 Å². The molecular weight excluding hydrogens is 422 g/mol. The number of H-pyrrole nitrogens is 1. The van der Waals surface area contributed by atoms with Gasteiger partial charge in [0.15, 0.2) is 0 Å². The van der Waals surface area contributed by atoms with E-state index in [1.54, 1.807) is 0 Å². The van der Waals surface area contributed by atoms with Crippen LogP contribution in [0.15, 0.2) is 60.7 Å². The zero-order valence-electron chi connectivity index (χ0n) is 16.7. The summed E-state index contributed by atoms with van der Waals surface area (Å²) in [6, 6.07) is 21.8. The van der Waals surface area contributed by atoms with Gasteiger partial charge in [0.2, 0.25) is 5.88 Å². The molecule has 6 rings (SSSR count). The number of hydrogen-bond acceptors (Lipinski definition) is 5. The normalized spacial score (nSPS) is 14.6. The number of nitrogens with one attached hydrogen (secondary N) is 1. The Kier molecular flexibility index (Phi) is 3.85. The molecule has 0 saturated heterocycles. The van der Waals surface area contributed by atoms with Crippen LogP contribution in [0.1, 0.15) is 28.2 Å². The number of nitrogens with two attached hydrogens (primary N) is 2. The van der Waals surface area contributed by atoms with Gasteiger partial charge in [-0.2, -0.15) is 10.2 Å². The molecule has 7 heteroatoms. The van der Waals surface area contributed by atoms with Gasteiger partial charge in [0.25, 0.3) is 0 Å². The van der Waals surface area contributed by atoms with Crippen molar-refractivity contribution >= 4 is 44.9 Å². The largest absolute Gasteiger partial charge is 0.437 e. The van der Waals surface area contributed by atoms with Crippen LogP contribution in [0.4, 0.5) is 11.5 Å². The van der Waals surface area contributed by atoms with Crippen LogP contribution in [0.3, 0.4) is 0 Å². The van der Waals surface area contributed by atoms with Crippen LogP contribution in [-0.4, -0.2) is 9.97 Å². The zero-order chi connectivity index (χ0) is 22.0. The van der Waals surface area contributed by atoms with Gasteiger partial charge in [0.05, 0.1) is 22.2 Å². The Morgan fingerprint density at radius 2 is 1.78 bits per heavy atom. The van der Waals surface area contributed by atoms with Gasteiger partial charge in [-0.15, -0.1) is 0 Å². The molecular formula is C25H16ClN5O. The van der Waals surface area contributed by atoms with E-state index in [1.807, 2.05) is 54.6 Å². The molecule has 0 saturated carbocycles. The summed E-state index contributed by atoms with van der Waals surface area (Å²) in [5.74, 6) is 0.755. The van der Waals surface area contributed by atoms with E-state index < -0.39 is 0 Å². The lowest BCUT2D eigenvalue weighted by molar-refractivity contribution is 0.441. The molecule has 0 amide bonds. The van der Waals surface area contributed by atoms with Gasteiger partial charge in [0, 0.05) is 27.4 Å². The van der Waals surface area contributed by atoms with E-state index in [4.69, 9.17) is 27.8 Å². The maximum atomic E-state index is 9.61. The van der Waals surface area contributed by atoms with Crippen molar-refractivity contribution in [2.45, 2.75) is 5.92 Å². The molecule has 3 heterocycles. The first kappa shape index (κ1) is 18.6. The fraction of sp³-hybridized carbons (Fsp3) is 0.0400. The van der Waals surface area contributed by atoms with Crippen LogP contribution < -0.4 is 16.2 Å². The standard InChI is InChI=1S/C25H16ClN5O/c26-13-7-5-12(6-8-13)19-15-9-10-18-20(14-3-1-2-4-17(14)30-18)23(15)32-25-21(19)22(28)16(11-27)24(29)31-25/h1-10,19,30H,(H4,28,29,31). The van der Waals surface area contributed by atoms with Crippen molar-refractivity contribution < 1.29 is 4.74 Å². The molecule has 0 spiro atoms. The monoisotopic (exact) mass is 437 g/mol. The highest BCUT2D eigenvalue weighted by atomic mass is 35.5. The molecule has 1 atom stereocenters. The quantitative estimate of drug-likeness (QED) is 0.305. The number of aromatic amines is 1. The van der Waals surface area contributed by atoms with Crippen molar-refractivity contribution in [2.75, 3.05) is 11.5 Å². The van der Waals surface area contributed by atoms with Crippen molar-refractivity contribution in [3.63, 3.8) is 0 Å². The fourth-order valence-electron chi connectivity index (χ4n) is 4.60. The van der Waals surface area contributed by atoms with Crippen molar-refractivity contribution in [1.82, 2.24) is 9.97 Å². The number of hydrogen-bond donors (Lipinski definition) is 3. The fourth-order valence-corrected chi connectivity index (χ4v) is 4.73. The summed E-state index contributed by atoms with van der Waals surface area (Å²) in [5, 5.41) is 12.3. The third-order valence-corrected chi connectivity index (χ3v) is 6.29. The first-order valence-electron chi connectivity index (χ1n) is 10.0. The highest BCUT2D eigenvalue weighted by Crippen LogP contribution is 2.53. The molecule has 0 bridgehead atoms. The highest BCUT2D eigenvalue weighted by Gasteiger charge is 2.35. The minimum atomic E-state index is -0.302. The van der Waals surface area contributed by atoms with E-state index >= 15 is 0 Å². The molecule has 0 fully saturated rings. The molecule has 6 nitrogen and oxygen atoms in total. The number of ether oxygens (including phenoxy) is 1. The number of para-hydroxylation sites is 1. The lowest BCUT2D eigenvalue weighted by atomic mass is 9.81. The average molecular weight is 438 g/mol. The number of pyridine rings is 1. The van der Waals surface area contributed by atoms with Crippen molar-refractivity contribution in [2.24, 2.45) is 0 Å². The Morgan fingerprint density at radius 3 is 2.56 bits per heavy atom. The predicted octanol–water partition coefficient (Wildman–Crippen LogP) is 5.69. The van der Waals surface area contributed by atoms with Crippen LogP contribution in [0.5, 0.6) is 11.6 Å². The highest BCUT2D eigenvalue weighted by molar-refractivity contribution is 6.30. The Morgan fingerprint density at radius 1 is 1.00 bits per heavy atom. The lowest BCUT2D eigenvalue weighted by Crippen LogP contribution is -2.17. The molecule has 0 aliphatic carbocycles. The molecule has 1 aliphatic heterocycles. The van der Waals surface area contributed by atoms with Gasteiger partial charge in [-0.25, -0.2) is 0 Å². The molecule has 0 radical (unpaired) electrons. The summed E-state index contributed by atoms with van der Waals surface area (Å²) in [6.45, 7) is 0. The molecule has 32 heavy (non-hydrogen) atoms. The van der Waals surface area contributed by atoms with Crippen LogP contribution in [-0.2, 0) is 0 Å². The predicted molar refractivity (Wildman–Crippen MR) is 126 cm³/mol.